The van der Waals surface area contributed by atoms with E-state index in [1.165, 1.54) is 0 Å². The second kappa shape index (κ2) is 9.35. The third kappa shape index (κ3) is 4.35. The molecule has 0 aliphatic heterocycles. The molecule has 0 spiro atoms. The highest BCUT2D eigenvalue weighted by Crippen LogP contribution is 2.60. The van der Waals surface area contributed by atoms with Gasteiger partial charge in [0, 0.05) is 29.4 Å². The molecular weight excluding hydrogens is 523 g/mol. The van der Waals surface area contributed by atoms with Crippen molar-refractivity contribution < 1.29 is 27.9 Å². The predicted molar refractivity (Wildman–Crippen MR) is 144 cm³/mol. The minimum Gasteiger partial charge on any atom is -0.481 e. The molecule has 5 rings (SSSR count). The maximum Gasteiger partial charge on any atom is 0.416 e. The number of nitrogen functional groups attached to an aromatic ring is 1. The zero-order chi connectivity index (χ0) is 29.0. The number of fused-ring (bicyclic) bond motifs is 1. The average molecular weight is 552 g/mol. The van der Waals surface area contributed by atoms with Crippen LogP contribution in [0.15, 0.2) is 60.9 Å². The number of carboxylic acids is 1. The normalized spacial score (nSPS) is 20.5. The van der Waals surface area contributed by atoms with Crippen LogP contribution in [0.1, 0.15) is 61.3 Å². The number of carboxylic acid groups (broad SMARTS) is 1. The summed E-state index contributed by atoms with van der Waals surface area (Å²) in [4.78, 5) is 33.7. The fourth-order valence-electron chi connectivity index (χ4n) is 5.61. The molecule has 1 aromatic carbocycles. The molecule has 1 aliphatic rings. The average Bonchev–Trinajstić information content (AvgIpc) is 3.39. The van der Waals surface area contributed by atoms with Crippen LogP contribution in [0.3, 0.4) is 0 Å². The number of nitrogens with one attached hydrogen (secondary N) is 1. The summed E-state index contributed by atoms with van der Waals surface area (Å²) in [5.74, 6) is -1.11. The Bertz CT molecular complexity index is 1630. The van der Waals surface area contributed by atoms with Crippen molar-refractivity contribution in [2.24, 2.45) is 10.8 Å². The molecular formula is C29H28F3N5O3. The summed E-state index contributed by atoms with van der Waals surface area (Å²) in [5, 5.41) is 12.4. The van der Waals surface area contributed by atoms with Gasteiger partial charge in [-0.15, -0.1) is 0 Å². The van der Waals surface area contributed by atoms with E-state index in [4.69, 9.17) is 10.7 Å². The fraction of sp³-hybridized carbons (Fsp3) is 0.310. The molecule has 3 heterocycles. The molecule has 4 N–H and O–H groups in total. The summed E-state index contributed by atoms with van der Waals surface area (Å²) in [6, 6.07) is 11.6. The number of carbonyl (C=O) groups excluding carboxylic acids is 1. The third-order valence-corrected chi connectivity index (χ3v) is 8.48. The number of hydrogen-bond acceptors (Lipinski definition) is 5. The van der Waals surface area contributed by atoms with Crippen LogP contribution in [0.2, 0.25) is 0 Å². The molecule has 0 unspecified atom stereocenters. The molecule has 1 saturated carbocycles. The Morgan fingerprint density at radius 1 is 1.12 bits per heavy atom. The molecule has 40 heavy (non-hydrogen) atoms. The fourth-order valence-corrected chi connectivity index (χ4v) is 5.61. The molecule has 0 saturated heterocycles. The second-order valence-electron chi connectivity index (χ2n) is 10.9. The van der Waals surface area contributed by atoms with Gasteiger partial charge in [-0.05, 0) is 61.6 Å². The van der Waals surface area contributed by atoms with Gasteiger partial charge in [0.25, 0.3) is 5.91 Å². The number of halogens is 3. The van der Waals surface area contributed by atoms with Gasteiger partial charge >= 0.3 is 12.1 Å². The number of nitrogens with two attached hydrogens (primary N) is 1. The largest absolute Gasteiger partial charge is 0.481 e. The number of alkyl halides is 3. The zero-order valence-electron chi connectivity index (χ0n) is 22.1. The highest BCUT2D eigenvalue weighted by molar-refractivity contribution is 6.04. The molecule has 1 fully saturated rings. The van der Waals surface area contributed by atoms with E-state index in [-0.39, 0.29) is 17.3 Å². The summed E-state index contributed by atoms with van der Waals surface area (Å²) in [5.41, 5.74) is 6.58. The van der Waals surface area contributed by atoms with Gasteiger partial charge in [0.05, 0.1) is 27.9 Å². The van der Waals surface area contributed by atoms with Gasteiger partial charge < -0.3 is 20.6 Å². The maximum absolute atomic E-state index is 13.0. The van der Waals surface area contributed by atoms with E-state index in [2.05, 4.69) is 10.3 Å². The van der Waals surface area contributed by atoms with Gasteiger partial charge in [-0.2, -0.15) is 13.2 Å². The SMILES string of the molecule is CC1(C)[C@@H](c2nc(-c3ccc(C(=O)Nc4cc(C(F)(F)F)ccn4)cc3)c3c(N)cccn23)CC[C@@]1(C)C(=O)O. The first-order valence-electron chi connectivity index (χ1n) is 12.7. The van der Waals surface area contributed by atoms with Crippen LogP contribution < -0.4 is 11.1 Å². The molecule has 0 radical (unpaired) electrons. The molecule has 208 valence electrons. The Morgan fingerprint density at radius 3 is 2.45 bits per heavy atom. The van der Waals surface area contributed by atoms with Crippen LogP contribution in [-0.2, 0) is 11.0 Å². The van der Waals surface area contributed by atoms with Gasteiger partial charge in [0.1, 0.15) is 11.6 Å². The predicted octanol–water partition coefficient (Wildman–Crippen LogP) is 6.24. The van der Waals surface area contributed by atoms with E-state index in [1.54, 1.807) is 37.3 Å². The Morgan fingerprint density at radius 2 is 1.82 bits per heavy atom. The molecule has 0 bridgehead atoms. The summed E-state index contributed by atoms with van der Waals surface area (Å²) >= 11 is 0. The maximum atomic E-state index is 13.0. The first-order chi connectivity index (χ1) is 18.7. The first-order valence-corrected chi connectivity index (χ1v) is 12.7. The molecule has 1 aliphatic carbocycles. The number of anilines is 2. The Balaban J connectivity index is 1.48. The molecule has 1 amide bonds. The van der Waals surface area contributed by atoms with Crippen molar-refractivity contribution >= 4 is 28.9 Å². The van der Waals surface area contributed by atoms with Crippen LogP contribution >= 0.6 is 0 Å². The Labute approximate surface area is 228 Å². The standard InChI is InChI=1S/C29H28F3N5O3/c1-27(2)19(10-12-28(27,3)26(39)40)24-36-22(23-20(33)5-4-14-37(23)24)16-6-8-17(9-7-16)25(38)35-21-15-18(11-13-34-21)29(30,31)32/h4-9,11,13-15,19H,10,12,33H2,1-3H3,(H,39,40)(H,34,35,38)/t19-,28+/m1/s1. The van der Waals surface area contributed by atoms with Gasteiger partial charge in [-0.25, -0.2) is 9.97 Å². The van der Waals surface area contributed by atoms with Crippen LogP contribution in [0, 0.1) is 10.8 Å². The Hall–Kier alpha value is -4.41. The van der Waals surface area contributed by atoms with Gasteiger partial charge in [-0.3, -0.25) is 9.59 Å². The second-order valence-corrected chi connectivity index (χ2v) is 10.9. The van der Waals surface area contributed by atoms with Crippen molar-refractivity contribution in [3.8, 4) is 11.3 Å². The number of aliphatic carboxylic acids is 1. The lowest BCUT2D eigenvalue weighted by atomic mass is 9.65. The number of pyridine rings is 2. The van der Waals surface area contributed by atoms with E-state index < -0.39 is 34.4 Å². The van der Waals surface area contributed by atoms with Gasteiger partial charge in [0.15, 0.2) is 0 Å². The summed E-state index contributed by atoms with van der Waals surface area (Å²) in [6.45, 7) is 5.69. The van der Waals surface area contributed by atoms with Crippen molar-refractivity contribution in [2.75, 3.05) is 11.1 Å². The molecule has 8 nitrogen and oxygen atoms in total. The highest BCUT2D eigenvalue weighted by atomic mass is 19.4. The summed E-state index contributed by atoms with van der Waals surface area (Å²) in [6.07, 6.45) is -0.563. The number of rotatable bonds is 5. The molecule has 3 aromatic heterocycles. The van der Waals surface area contributed by atoms with Crippen molar-refractivity contribution in [1.82, 2.24) is 14.4 Å². The minimum absolute atomic E-state index is 0.151. The lowest BCUT2D eigenvalue weighted by molar-refractivity contribution is -0.153. The number of benzene rings is 1. The molecule has 11 heteroatoms. The highest BCUT2D eigenvalue weighted by Gasteiger charge is 2.57. The van der Waals surface area contributed by atoms with E-state index in [0.29, 0.717) is 41.1 Å². The van der Waals surface area contributed by atoms with Crippen molar-refractivity contribution in [3.05, 3.63) is 77.9 Å². The smallest absolute Gasteiger partial charge is 0.416 e. The summed E-state index contributed by atoms with van der Waals surface area (Å²) in [7, 11) is 0. The van der Waals surface area contributed by atoms with Crippen LogP contribution in [0.25, 0.3) is 16.8 Å². The number of aromatic nitrogens is 3. The van der Waals surface area contributed by atoms with Gasteiger partial charge in [-0.1, -0.05) is 26.0 Å². The number of hydrogen-bond donors (Lipinski definition) is 3. The number of nitrogens with zero attached hydrogens (tertiary/aromatic N) is 3. The monoisotopic (exact) mass is 551 g/mol. The minimum atomic E-state index is -4.56. The Kier molecular flexibility index (Phi) is 6.35. The number of amides is 1. The first kappa shape index (κ1) is 27.2. The van der Waals surface area contributed by atoms with E-state index in [0.717, 1.165) is 18.3 Å². The lowest BCUT2D eigenvalue weighted by Crippen LogP contribution is -2.40. The van der Waals surface area contributed by atoms with Crippen LogP contribution in [-0.4, -0.2) is 31.4 Å². The molecule has 2 atom stereocenters. The van der Waals surface area contributed by atoms with E-state index in [1.807, 2.05) is 30.5 Å². The van der Waals surface area contributed by atoms with Crippen LogP contribution in [0.5, 0.6) is 0 Å². The van der Waals surface area contributed by atoms with Gasteiger partial charge in [0.2, 0.25) is 0 Å². The number of carbonyl (C=O) groups is 2. The third-order valence-electron chi connectivity index (χ3n) is 8.48. The zero-order valence-corrected chi connectivity index (χ0v) is 22.1. The number of imidazole rings is 1. The topological polar surface area (TPSA) is 123 Å². The van der Waals surface area contributed by atoms with Crippen molar-refractivity contribution in [1.29, 1.82) is 0 Å². The van der Waals surface area contributed by atoms with Crippen molar-refractivity contribution in [3.63, 3.8) is 0 Å². The molecule has 4 aromatic rings. The van der Waals surface area contributed by atoms with E-state index in [9.17, 15) is 27.9 Å². The quantitative estimate of drug-likeness (QED) is 0.270. The summed E-state index contributed by atoms with van der Waals surface area (Å²) < 4.78 is 40.9. The van der Waals surface area contributed by atoms with Crippen molar-refractivity contribution in [2.45, 2.75) is 45.7 Å². The lowest BCUT2D eigenvalue weighted by Gasteiger charge is -2.38. The van der Waals surface area contributed by atoms with Crippen LogP contribution in [0.4, 0.5) is 24.7 Å². The van der Waals surface area contributed by atoms with E-state index >= 15 is 0 Å².